The molecule has 0 aromatic carbocycles. The number of aryl methyl sites for hydroxylation is 2. The molecule has 0 spiro atoms. The summed E-state index contributed by atoms with van der Waals surface area (Å²) >= 11 is 1.36. The summed E-state index contributed by atoms with van der Waals surface area (Å²) in [5, 5.41) is 9.08. The van der Waals surface area contributed by atoms with Crippen molar-refractivity contribution >= 4 is 17.3 Å². The first-order valence-corrected chi connectivity index (χ1v) is 5.81. The highest BCUT2D eigenvalue weighted by atomic mass is 32.1. The van der Waals surface area contributed by atoms with E-state index in [1.54, 1.807) is 0 Å². The highest BCUT2D eigenvalue weighted by molar-refractivity contribution is 7.13. The van der Waals surface area contributed by atoms with Crippen molar-refractivity contribution < 1.29 is 9.90 Å². The van der Waals surface area contributed by atoms with Crippen molar-refractivity contribution in [1.29, 1.82) is 0 Å². The molecular formula is C10H13NO2S. The zero-order valence-electron chi connectivity index (χ0n) is 7.95. The predicted molar refractivity (Wildman–Crippen MR) is 54.9 cm³/mol. The maximum atomic E-state index is 10.7. The van der Waals surface area contributed by atoms with Gasteiger partial charge in [-0.3, -0.25) is 0 Å². The molecule has 0 atom stereocenters. The van der Waals surface area contributed by atoms with Crippen molar-refractivity contribution in [3.63, 3.8) is 0 Å². The lowest BCUT2D eigenvalue weighted by atomic mass is 10.0. The first kappa shape index (κ1) is 9.65. The molecule has 1 heterocycles. The van der Waals surface area contributed by atoms with Gasteiger partial charge in [-0.1, -0.05) is 12.8 Å². The summed E-state index contributed by atoms with van der Waals surface area (Å²) in [6.07, 6.45) is 6.81. The van der Waals surface area contributed by atoms with Crippen LogP contribution in [0.4, 0.5) is 0 Å². The third-order valence-electron chi connectivity index (χ3n) is 2.53. The Bertz CT molecular complexity index is 320. The molecule has 0 saturated heterocycles. The second kappa shape index (κ2) is 4.09. The average Bonchev–Trinajstić information content (AvgIpc) is 2.48. The SMILES string of the molecule is O=C(O)c1nc2c(s1)CCCCCC2. The lowest BCUT2D eigenvalue weighted by Gasteiger charge is -2.06. The number of fused-ring (bicyclic) bond motifs is 1. The average molecular weight is 211 g/mol. The first-order chi connectivity index (χ1) is 6.77. The van der Waals surface area contributed by atoms with E-state index in [9.17, 15) is 4.79 Å². The third kappa shape index (κ3) is 1.95. The van der Waals surface area contributed by atoms with Crippen LogP contribution in [0.25, 0.3) is 0 Å². The van der Waals surface area contributed by atoms with Crippen LogP contribution >= 0.6 is 11.3 Å². The quantitative estimate of drug-likeness (QED) is 0.776. The number of hydrogen-bond donors (Lipinski definition) is 1. The Kier molecular flexibility index (Phi) is 2.82. The van der Waals surface area contributed by atoms with Gasteiger partial charge in [-0.15, -0.1) is 11.3 Å². The number of carboxylic acids is 1. The topological polar surface area (TPSA) is 50.2 Å². The van der Waals surface area contributed by atoms with Gasteiger partial charge in [0.15, 0.2) is 0 Å². The van der Waals surface area contributed by atoms with Crippen molar-refractivity contribution in [3.05, 3.63) is 15.6 Å². The van der Waals surface area contributed by atoms with E-state index in [0.717, 1.165) is 25.0 Å². The molecule has 1 aliphatic rings. The largest absolute Gasteiger partial charge is 0.476 e. The number of aromatic nitrogens is 1. The van der Waals surface area contributed by atoms with Crippen molar-refractivity contribution in [2.24, 2.45) is 0 Å². The van der Waals surface area contributed by atoms with Crippen LogP contribution in [-0.4, -0.2) is 16.1 Å². The predicted octanol–water partition coefficient (Wildman–Crippen LogP) is 2.50. The smallest absolute Gasteiger partial charge is 0.365 e. The Balaban J connectivity index is 2.27. The Morgan fingerprint density at radius 2 is 1.93 bits per heavy atom. The van der Waals surface area contributed by atoms with E-state index >= 15 is 0 Å². The maximum Gasteiger partial charge on any atom is 0.365 e. The van der Waals surface area contributed by atoms with Crippen molar-refractivity contribution in [2.45, 2.75) is 38.5 Å². The molecule has 1 aromatic rings. The molecule has 0 unspecified atom stereocenters. The molecule has 0 radical (unpaired) electrons. The van der Waals surface area contributed by atoms with E-state index in [0.29, 0.717) is 0 Å². The molecule has 1 N–H and O–H groups in total. The number of hydrogen-bond acceptors (Lipinski definition) is 3. The van der Waals surface area contributed by atoms with E-state index in [2.05, 4.69) is 4.98 Å². The van der Waals surface area contributed by atoms with Gasteiger partial charge in [0.1, 0.15) is 0 Å². The van der Waals surface area contributed by atoms with Gasteiger partial charge in [0.25, 0.3) is 0 Å². The number of thiazole rings is 1. The zero-order valence-corrected chi connectivity index (χ0v) is 8.77. The fourth-order valence-corrected chi connectivity index (χ4v) is 2.79. The normalized spacial score (nSPS) is 16.9. The number of carboxylic acid groups (broad SMARTS) is 1. The number of rotatable bonds is 1. The molecule has 3 nitrogen and oxygen atoms in total. The molecule has 0 bridgehead atoms. The van der Waals surface area contributed by atoms with Gasteiger partial charge >= 0.3 is 5.97 Å². The second-order valence-electron chi connectivity index (χ2n) is 3.61. The molecule has 14 heavy (non-hydrogen) atoms. The van der Waals surface area contributed by atoms with Gasteiger partial charge in [0.2, 0.25) is 5.01 Å². The van der Waals surface area contributed by atoms with Gasteiger partial charge in [0.05, 0.1) is 5.69 Å². The van der Waals surface area contributed by atoms with E-state index in [1.165, 1.54) is 35.5 Å². The summed E-state index contributed by atoms with van der Waals surface area (Å²) in [7, 11) is 0. The number of aromatic carboxylic acids is 1. The van der Waals surface area contributed by atoms with Crippen LogP contribution in [-0.2, 0) is 12.8 Å². The number of carbonyl (C=O) groups is 1. The van der Waals surface area contributed by atoms with Crippen LogP contribution in [0.15, 0.2) is 0 Å². The Hall–Kier alpha value is -0.900. The van der Waals surface area contributed by atoms with Gasteiger partial charge in [0, 0.05) is 4.88 Å². The molecule has 0 amide bonds. The Morgan fingerprint density at radius 3 is 2.64 bits per heavy atom. The fourth-order valence-electron chi connectivity index (χ4n) is 1.80. The van der Waals surface area contributed by atoms with Gasteiger partial charge in [-0.25, -0.2) is 9.78 Å². The van der Waals surface area contributed by atoms with Crippen LogP contribution in [0, 0.1) is 0 Å². The zero-order chi connectivity index (χ0) is 9.97. The molecule has 4 heteroatoms. The van der Waals surface area contributed by atoms with Gasteiger partial charge < -0.3 is 5.11 Å². The monoisotopic (exact) mass is 211 g/mol. The second-order valence-corrected chi connectivity index (χ2v) is 4.69. The van der Waals surface area contributed by atoms with Crippen molar-refractivity contribution in [2.75, 3.05) is 0 Å². The first-order valence-electron chi connectivity index (χ1n) is 4.99. The minimum absolute atomic E-state index is 0.261. The third-order valence-corrected chi connectivity index (χ3v) is 3.67. The fraction of sp³-hybridized carbons (Fsp3) is 0.600. The van der Waals surface area contributed by atoms with Crippen LogP contribution in [0.3, 0.4) is 0 Å². The summed E-state index contributed by atoms with van der Waals surface area (Å²) in [4.78, 5) is 16.1. The van der Waals surface area contributed by atoms with E-state index in [1.807, 2.05) is 0 Å². The minimum atomic E-state index is -0.887. The summed E-state index contributed by atoms with van der Waals surface area (Å²) in [5.41, 5.74) is 1.03. The molecule has 2 rings (SSSR count). The molecule has 1 aromatic heterocycles. The summed E-state index contributed by atoms with van der Waals surface area (Å²) in [5.74, 6) is -0.887. The minimum Gasteiger partial charge on any atom is -0.476 e. The van der Waals surface area contributed by atoms with E-state index < -0.39 is 5.97 Å². The molecule has 1 aliphatic carbocycles. The summed E-state index contributed by atoms with van der Waals surface area (Å²) in [6.45, 7) is 0. The van der Waals surface area contributed by atoms with Crippen LogP contribution in [0.5, 0.6) is 0 Å². The lowest BCUT2D eigenvalue weighted by Crippen LogP contribution is -1.98. The molecule has 76 valence electrons. The standard InChI is InChI=1S/C10H13NO2S/c12-10(13)9-11-7-5-3-1-2-4-6-8(7)14-9/h1-6H2,(H,12,13). The van der Waals surface area contributed by atoms with Gasteiger partial charge in [-0.2, -0.15) is 0 Å². The molecule has 0 fully saturated rings. The summed E-state index contributed by atoms with van der Waals surface area (Å²) < 4.78 is 0. The van der Waals surface area contributed by atoms with E-state index in [-0.39, 0.29) is 5.01 Å². The Morgan fingerprint density at radius 1 is 1.21 bits per heavy atom. The Labute approximate surface area is 86.8 Å². The summed E-state index contributed by atoms with van der Waals surface area (Å²) in [6, 6.07) is 0. The van der Waals surface area contributed by atoms with Crippen LogP contribution in [0.2, 0.25) is 0 Å². The molecule has 0 aliphatic heterocycles. The van der Waals surface area contributed by atoms with Crippen LogP contribution < -0.4 is 0 Å². The van der Waals surface area contributed by atoms with Crippen molar-refractivity contribution in [1.82, 2.24) is 4.98 Å². The van der Waals surface area contributed by atoms with E-state index in [4.69, 9.17) is 5.11 Å². The highest BCUT2D eigenvalue weighted by Crippen LogP contribution is 2.25. The van der Waals surface area contributed by atoms with Crippen LogP contribution in [0.1, 0.15) is 46.1 Å². The molecular weight excluding hydrogens is 198 g/mol. The van der Waals surface area contributed by atoms with Crippen molar-refractivity contribution in [3.8, 4) is 0 Å². The lowest BCUT2D eigenvalue weighted by molar-refractivity contribution is 0.0696. The molecule has 0 saturated carbocycles. The highest BCUT2D eigenvalue weighted by Gasteiger charge is 2.16. The number of nitrogens with zero attached hydrogens (tertiary/aromatic N) is 1. The maximum absolute atomic E-state index is 10.7. The van der Waals surface area contributed by atoms with Gasteiger partial charge in [-0.05, 0) is 25.7 Å².